The van der Waals surface area contributed by atoms with Gasteiger partial charge in [0.25, 0.3) is 11.5 Å². The van der Waals surface area contributed by atoms with Gasteiger partial charge in [-0.2, -0.15) is 0 Å². The maximum Gasteiger partial charge on any atom is 0.297 e. The number of pyridine rings is 1. The van der Waals surface area contributed by atoms with E-state index in [2.05, 4.69) is 23.4 Å². The standard InChI is InChI=1S/C40H52Cl2N4O5/c1-4-6-7-8-9-10-11-12-13-14-15-16-17-19-29-20-18-21-31(26-29)51-35(5-2)39(48)43-38-37(45-24-22-30(47)23-25-45)40(49)46(44-38)36-33(41)27-32(50-3)28-34(36)42/h18,20-28,35,44H,4-17,19H2,1-3H3,(H,43,48). The minimum Gasteiger partial charge on any atom is -0.497 e. The van der Waals surface area contributed by atoms with Crippen LogP contribution in [0.3, 0.4) is 0 Å². The number of anilines is 1. The molecule has 0 aliphatic carbocycles. The molecule has 2 N–H and O–H groups in total. The molecule has 0 bridgehead atoms. The lowest BCUT2D eigenvalue weighted by Crippen LogP contribution is -2.33. The summed E-state index contributed by atoms with van der Waals surface area (Å²) < 4.78 is 14.0. The number of amides is 1. The second-order valence-electron chi connectivity index (χ2n) is 13.0. The predicted molar refractivity (Wildman–Crippen MR) is 208 cm³/mol. The van der Waals surface area contributed by atoms with E-state index < -0.39 is 17.6 Å². The lowest BCUT2D eigenvalue weighted by atomic mass is 10.0. The molecule has 51 heavy (non-hydrogen) atoms. The number of hydrogen-bond acceptors (Lipinski definition) is 5. The molecule has 0 saturated carbocycles. The summed E-state index contributed by atoms with van der Waals surface area (Å²) in [6, 6.07) is 13.6. The molecule has 276 valence electrons. The normalized spacial score (nSPS) is 11.8. The number of aryl methyl sites for hydroxylation is 1. The number of rotatable bonds is 22. The number of aromatic nitrogens is 3. The fourth-order valence-corrected chi connectivity index (χ4v) is 6.80. The Bertz CT molecular complexity index is 1770. The first-order valence-electron chi connectivity index (χ1n) is 18.4. The zero-order valence-corrected chi connectivity index (χ0v) is 31.7. The molecule has 2 aromatic heterocycles. The van der Waals surface area contributed by atoms with E-state index in [-0.39, 0.29) is 32.7 Å². The molecule has 0 fully saturated rings. The highest BCUT2D eigenvalue weighted by Gasteiger charge is 2.25. The zero-order chi connectivity index (χ0) is 36.6. The number of nitrogens with one attached hydrogen (secondary N) is 2. The Hall–Kier alpha value is -3.95. The topological polar surface area (TPSA) is 107 Å². The Morgan fingerprint density at radius 3 is 1.94 bits per heavy atom. The van der Waals surface area contributed by atoms with Crippen LogP contribution in [0.4, 0.5) is 5.82 Å². The van der Waals surface area contributed by atoms with E-state index in [0.29, 0.717) is 17.9 Å². The molecule has 2 aromatic carbocycles. The summed E-state index contributed by atoms with van der Waals surface area (Å²) in [4.78, 5) is 39.3. The van der Waals surface area contributed by atoms with Crippen LogP contribution in [0.25, 0.3) is 11.4 Å². The van der Waals surface area contributed by atoms with E-state index in [4.69, 9.17) is 32.7 Å². The Balaban J connectivity index is 1.37. The molecule has 11 heteroatoms. The van der Waals surface area contributed by atoms with Gasteiger partial charge in [0.15, 0.2) is 23.0 Å². The number of nitrogens with zero attached hydrogens (tertiary/aromatic N) is 2. The molecule has 0 radical (unpaired) electrons. The summed E-state index contributed by atoms with van der Waals surface area (Å²) in [7, 11) is 1.48. The number of carbonyl (C=O) groups is 1. The molecular formula is C40H52Cl2N4O5. The van der Waals surface area contributed by atoms with Gasteiger partial charge < -0.3 is 19.4 Å². The van der Waals surface area contributed by atoms with Crippen molar-refractivity contribution in [1.82, 2.24) is 14.3 Å². The first-order valence-corrected chi connectivity index (χ1v) is 19.1. The highest BCUT2D eigenvalue weighted by atomic mass is 35.5. The van der Waals surface area contributed by atoms with E-state index in [0.717, 1.165) is 17.5 Å². The van der Waals surface area contributed by atoms with Gasteiger partial charge >= 0.3 is 0 Å². The van der Waals surface area contributed by atoms with E-state index in [1.165, 1.54) is 131 Å². The maximum absolute atomic E-state index is 13.8. The average Bonchev–Trinajstić information content (AvgIpc) is 3.43. The van der Waals surface area contributed by atoms with Crippen LogP contribution in [0.15, 0.2) is 70.5 Å². The number of carbonyl (C=O) groups excluding carboxylic acids is 1. The van der Waals surface area contributed by atoms with Crippen molar-refractivity contribution in [3.05, 3.63) is 97.1 Å². The smallest absolute Gasteiger partial charge is 0.297 e. The highest BCUT2D eigenvalue weighted by Crippen LogP contribution is 2.33. The predicted octanol–water partition coefficient (Wildman–Crippen LogP) is 10.1. The van der Waals surface area contributed by atoms with E-state index in [9.17, 15) is 14.4 Å². The van der Waals surface area contributed by atoms with Crippen molar-refractivity contribution in [1.29, 1.82) is 0 Å². The number of methoxy groups -OCH3 is 1. The summed E-state index contributed by atoms with van der Waals surface area (Å²) in [6.07, 6.45) is 20.5. The van der Waals surface area contributed by atoms with E-state index >= 15 is 0 Å². The van der Waals surface area contributed by atoms with Gasteiger partial charge in [-0.1, -0.05) is 126 Å². The summed E-state index contributed by atoms with van der Waals surface area (Å²) in [6.45, 7) is 4.12. The molecule has 0 aliphatic heterocycles. The molecule has 4 aromatic rings. The monoisotopic (exact) mass is 738 g/mol. The molecular weight excluding hydrogens is 687 g/mol. The van der Waals surface area contributed by atoms with Gasteiger partial charge in [0.2, 0.25) is 0 Å². The second kappa shape index (κ2) is 20.8. The Morgan fingerprint density at radius 1 is 0.784 bits per heavy atom. The van der Waals surface area contributed by atoms with Crippen molar-refractivity contribution in [2.45, 2.75) is 116 Å². The quantitative estimate of drug-likeness (QED) is 0.0781. The third-order valence-electron chi connectivity index (χ3n) is 9.03. The van der Waals surface area contributed by atoms with Crippen LogP contribution in [0.1, 0.15) is 109 Å². The van der Waals surface area contributed by atoms with Gasteiger partial charge in [-0.15, -0.1) is 0 Å². The van der Waals surface area contributed by atoms with Gasteiger partial charge in [-0.25, -0.2) is 4.68 Å². The summed E-state index contributed by atoms with van der Waals surface area (Å²) >= 11 is 13.0. The van der Waals surface area contributed by atoms with Crippen molar-refractivity contribution in [3.8, 4) is 22.9 Å². The van der Waals surface area contributed by atoms with Gasteiger partial charge in [-0.05, 0) is 37.0 Å². The third kappa shape index (κ3) is 11.8. The average molecular weight is 740 g/mol. The van der Waals surface area contributed by atoms with Gasteiger partial charge in [-0.3, -0.25) is 19.5 Å². The number of hydrogen-bond donors (Lipinski definition) is 2. The van der Waals surface area contributed by atoms with Crippen LogP contribution < -0.4 is 25.8 Å². The van der Waals surface area contributed by atoms with Crippen molar-refractivity contribution in [3.63, 3.8) is 0 Å². The number of benzene rings is 2. The highest BCUT2D eigenvalue weighted by molar-refractivity contribution is 6.38. The van der Waals surface area contributed by atoms with E-state index in [1.54, 1.807) is 0 Å². The number of ether oxygens (including phenoxy) is 2. The second-order valence-corrected chi connectivity index (χ2v) is 13.8. The first kappa shape index (κ1) is 39.8. The SMILES string of the molecule is CCCCCCCCCCCCCCCc1cccc(OC(CC)C(=O)Nc2[nH]n(-c3c(Cl)cc(OC)cc3Cl)c(=O)c2-n2ccc(=O)cc2)c1. The van der Waals surface area contributed by atoms with Crippen molar-refractivity contribution in [2.75, 3.05) is 12.4 Å². The molecule has 0 spiro atoms. The minimum atomic E-state index is -0.849. The van der Waals surface area contributed by atoms with Crippen molar-refractivity contribution in [2.24, 2.45) is 0 Å². The fraction of sp³-hybridized carbons (Fsp3) is 0.475. The maximum atomic E-state index is 13.8. The number of unbranched alkanes of at least 4 members (excludes halogenated alkanes) is 12. The molecule has 2 heterocycles. The Kier molecular flexibility index (Phi) is 16.2. The van der Waals surface area contributed by atoms with Crippen LogP contribution in [0.5, 0.6) is 11.5 Å². The molecule has 9 nitrogen and oxygen atoms in total. The fourth-order valence-electron chi connectivity index (χ4n) is 6.16. The lowest BCUT2D eigenvalue weighted by molar-refractivity contribution is -0.122. The number of aromatic amines is 1. The number of halogens is 2. The van der Waals surface area contributed by atoms with Crippen LogP contribution in [0.2, 0.25) is 10.0 Å². The van der Waals surface area contributed by atoms with Crippen LogP contribution in [0, 0.1) is 0 Å². The van der Waals surface area contributed by atoms with Crippen molar-refractivity contribution < 1.29 is 14.3 Å². The molecule has 0 saturated heterocycles. The van der Waals surface area contributed by atoms with Crippen LogP contribution in [-0.2, 0) is 11.2 Å². The third-order valence-corrected chi connectivity index (χ3v) is 9.61. The summed E-state index contributed by atoms with van der Waals surface area (Å²) in [5, 5.41) is 6.09. The molecule has 4 rings (SSSR count). The molecule has 0 aliphatic rings. The number of H-pyrrole nitrogens is 1. The Labute approximate surface area is 311 Å². The largest absolute Gasteiger partial charge is 0.497 e. The first-order chi connectivity index (χ1) is 24.7. The summed E-state index contributed by atoms with van der Waals surface area (Å²) in [5.74, 6) is 0.642. The van der Waals surface area contributed by atoms with E-state index in [1.807, 2.05) is 25.1 Å². The van der Waals surface area contributed by atoms with Gasteiger partial charge in [0, 0.05) is 36.7 Å². The zero-order valence-electron chi connectivity index (χ0n) is 30.1. The van der Waals surface area contributed by atoms with Gasteiger partial charge in [0.1, 0.15) is 17.2 Å². The molecule has 1 atom stereocenters. The lowest BCUT2D eigenvalue weighted by Gasteiger charge is -2.18. The van der Waals surface area contributed by atoms with Gasteiger partial charge in [0.05, 0.1) is 17.2 Å². The van der Waals surface area contributed by atoms with Crippen LogP contribution >= 0.6 is 23.2 Å². The minimum absolute atomic E-state index is 0.0564. The molecule has 1 amide bonds. The Morgan fingerprint density at radius 2 is 1.37 bits per heavy atom. The van der Waals surface area contributed by atoms with Crippen LogP contribution in [-0.4, -0.2) is 33.5 Å². The molecule has 1 unspecified atom stereocenters. The van der Waals surface area contributed by atoms with Crippen molar-refractivity contribution >= 4 is 34.9 Å². The summed E-state index contributed by atoms with van der Waals surface area (Å²) in [5.41, 5.74) is 0.611.